The number of carboxylic acid groups (broad SMARTS) is 1. The fourth-order valence-corrected chi connectivity index (χ4v) is 1.95. The fourth-order valence-electron chi connectivity index (χ4n) is 1.95. The van der Waals surface area contributed by atoms with Crippen LogP contribution in [0.3, 0.4) is 0 Å². The Morgan fingerprint density at radius 1 is 1.28 bits per heavy atom. The minimum atomic E-state index is -0.772. The third-order valence-corrected chi connectivity index (χ3v) is 3.26. The second-order valence-electron chi connectivity index (χ2n) is 4.59. The van der Waals surface area contributed by atoms with Crippen molar-refractivity contribution in [3.8, 4) is 5.75 Å². The number of phenolic OH excluding ortho intramolecular Hbond substituents is 1. The van der Waals surface area contributed by atoms with Crippen LogP contribution in [0.4, 0.5) is 0 Å². The SMILES string of the molecule is CCN(CC(C)C(=O)O)C(C)c1ccc(O)cc1. The Hall–Kier alpha value is -1.55. The molecular weight excluding hydrogens is 230 g/mol. The number of aromatic hydroxyl groups is 1. The summed E-state index contributed by atoms with van der Waals surface area (Å²) in [5, 5.41) is 18.2. The number of aliphatic carboxylic acids is 1. The van der Waals surface area contributed by atoms with E-state index in [1.807, 2.05) is 26.0 Å². The van der Waals surface area contributed by atoms with Gasteiger partial charge in [0, 0.05) is 12.6 Å². The molecule has 0 saturated carbocycles. The standard InChI is InChI=1S/C14H21NO3/c1-4-15(9-10(2)14(17)18)11(3)12-5-7-13(16)8-6-12/h5-8,10-11,16H,4,9H2,1-3H3,(H,17,18). The average molecular weight is 251 g/mol. The van der Waals surface area contributed by atoms with Crippen LogP contribution in [0.25, 0.3) is 0 Å². The lowest BCUT2D eigenvalue weighted by Crippen LogP contribution is -2.33. The van der Waals surface area contributed by atoms with Crippen LogP contribution in [-0.2, 0) is 4.79 Å². The molecule has 0 radical (unpaired) electrons. The van der Waals surface area contributed by atoms with Crippen LogP contribution in [0.2, 0.25) is 0 Å². The molecule has 0 aliphatic carbocycles. The van der Waals surface area contributed by atoms with Gasteiger partial charge in [-0.05, 0) is 31.2 Å². The summed E-state index contributed by atoms with van der Waals surface area (Å²) < 4.78 is 0. The van der Waals surface area contributed by atoms with Gasteiger partial charge in [-0.2, -0.15) is 0 Å². The Labute approximate surface area is 108 Å². The maximum absolute atomic E-state index is 10.9. The highest BCUT2D eigenvalue weighted by molar-refractivity contribution is 5.69. The van der Waals surface area contributed by atoms with E-state index in [-0.39, 0.29) is 17.7 Å². The van der Waals surface area contributed by atoms with E-state index in [1.54, 1.807) is 19.1 Å². The molecule has 2 N–H and O–H groups in total. The third-order valence-electron chi connectivity index (χ3n) is 3.26. The van der Waals surface area contributed by atoms with Gasteiger partial charge in [0.25, 0.3) is 0 Å². The van der Waals surface area contributed by atoms with E-state index in [4.69, 9.17) is 5.11 Å². The highest BCUT2D eigenvalue weighted by Crippen LogP contribution is 2.22. The predicted octanol–water partition coefficient (Wildman–Crippen LogP) is 2.50. The van der Waals surface area contributed by atoms with E-state index in [0.29, 0.717) is 6.54 Å². The molecule has 0 aliphatic heterocycles. The van der Waals surface area contributed by atoms with Crippen molar-refractivity contribution in [2.24, 2.45) is 5.92 Å². The highest BCUT2D eigenvalue weighted by atomic mass is 16.4. The van der Waals surface area contributed by atoms with E-state index < -0.39 is 5.97 Å². The van der Waals surface area contributed by atoms with Crippen LogP contribution in [0.1, 0.15) is 32.4 Å². The lowest BCUT2D eigenvalue weighted by Gasteiger charge is -2.29. The minimum Gasteiger partial charge on any atom is -0.508 e. The van der Waals surface area contributed by atoms with Crippen molar-refractivity contribution in [1.29, 1.82) is 0 Å². The molecule has 0 saturated heterocycles. The quantitative estimate of drug-likeness (QED) is 0.815. The summed E-state index contributed by atoms with van der Waals surface area (Å²) in [7, 11) is 0. The van der Waals surface area contributed by atoms with E-state index in [9.17, 15) is 9.90 Å². The van der Waals surface area contributed by atoms with Gasteiger partial charge in [0.1, 0.15) is 5.75 Å². The van der Waals surface area contributed by atoms with Gasteiger partial charge < -0.3 is 10.2 Å². The molecule has 0 aliphatic rings. The number of carboxylic acids is 1. The van der Waals surface area contributed by atoms with Crippen molar-refractivity contribution >= 4 is 5.97 Å². The number of phenols is 1. The van der Waals surface area contributed by atoms with Crippen molar-refractivity contribution in [3.63, 3.8) is 0 Å². The van der Waals surface area contributed by atoms with Gasteiger partial charge in [0.2, 0.25) is 0 Å². The molecule has 1 aromatic carbocycles. The lowest BCUT2D eigenvalue weighted by molar-refractivity contribution is -0.141. The molecule has 0 fully saturated rings. The monoisotopic (exact) mass is 251 g/mol. The summed E-state index contributed by atoms with van der Waals surface area (Å²) in [5.74, 6) is -0.913. The Kier molecular flexibility index (Phi) is 5.16. The summed E-state index contributed by atoms with van der Waals surface area (Å²) >= 11 is 0. The molecule has 0 aromatic heterocycles. The molecule has 4 nitrogen and oxygen atoms in total. The van der Waals surface area contributed by atoms with E-state index in [1.165, 1.54) is 0 Å². The van der Waals surface area contributed by atoms with Crippen molar-refractivity contribution in [1.82, 2.24) is 4.90 Å². The lowest BCUT2D eigenvalue weighted by atomic mass is 10.0. The van der Waals surface area contributed by atoms with Crippen molar-refractivity contribution < 1.29 is 15.0 Å². The number of hydrogen-bond donors (Lipinski definition) is 2. The molecule has 1 aromatic rings. The number of rotatable bonds is 6. The van der Waals surface area contributed by atoms with Crippen molar-refractivity contribution in [3.05, 3.63) is 29.8 Å². The first-order valence-corrected chi connectivity index (χ1v) is 6.21. The van der Waals surface area contributed by atoms with Gasteiger partial charge >= 0.3 is 5.97 Å². The summed E-state index contributed by atoms with van der Waals surface area (Å²) in [5.41, 5.74) is 1.08. The third kappa shape index (κ3) is 3.74. The molecule has 4 heteroatoms. The van der Waals surface area contributed by atoms with Crippen LogP contribution >= 0.6 is 0 Å². The molecule has 1 rings (SSSR count). The second-order valence-corrected chi connectivity index (χ2v) is 4.59. The van der Waals surface area contributed by atoms with Gasteiger partial charge in [-0.1, -0.05) is 26.0 Å². The van der Waals surface area contributed by atoms with Crippen molar-refractivity contribution in [2.75, 3.05) is 13.1 Å². The summed E-state index contributed by atoms with van der Waals surface area (Å²) in [6.45, 7) is 7.10. The first-order valence-electron chi connectivity index (χ1n) is 6.21. The van der Waals surface area contributed by atoms with Gasteiger partial charge in [0.05, 0.1) is 5.92 Å². The molecular formula is C14H21NO3. The minimum absolute atomic E-state index is 0.136. The number of benzene rings is 1. The Morgan fingerprint density at radius 3 is 2.28 bits per heavy atom. The molecule has 100 valence electrons. The summed E-state index contributed by atoms with van der Waals surface area (Å²) in [6.07, 6.45) is 0. The van der Waals surface area contributed by atoms with Gasteiger partial charge in [-0.3, -0.25) is 9.69 Å². The smallest absolute Gasteiger partial charge is 0.307 e. The maximum Gasteiger partial charge on any atom is 0.307 e. The summed E-state index contributed by atoms with van der Waals surface area (Å²) in [6, 6.07) is 7.18. The van der Waals surface area contributed by atoms with Gasteiger partial charge in [0.15, 0.2) is 0 Å². The van der Waals surface area contributed by atoms with E-state index in [0.717, 1.165) is 12.1 Å². The van der Waals surface area contributed by atoms with Gasteiger partial charge in [-0.15, -0.1) is 0 Å². The molecule has 18 heavy (non-hydrogen) atoms. The maximum atomic E-state index is 10.9. The van der Waals surface area contributed by atoms with Crippen LogP contribution in [0.15, 0.2) is 24.3 Å². The molecule has 0 bridgehead atoms. The topological polar surface area (TPSA) is 60.8 Å². The first-order chi connectivity index (χ1) is 8.45. The Balaban J connectivity index is 2.75. The Morgan fingerprint density at radius 2 is 1.83 bits per heavy atom. The molecule has 2 atom stereocenters. The number of nitrogens with zero attached hydrogens (tertiary/aromatic N) is 1. The number of carbonyl (C=O) groups is 1. The average Bonchev–Trinajstić information content (AvgIpc) is 2.35. The van der Waals surface area contributed by atoms with Crippen LogP contribution < -0.4 is 0 Å². The second kappa shape index (κ2) is 6.40. The normalized spacial score (nSPS) is 14.4. The summed E-state index contributed by atoms with van der Waals surface area (Å²) in [4.78, 5) is 13.0. The zero-order chi connectivity index (χ0) is 13.7. The van der Waals surface area contributed by atoms with E-state index >= 15 is 0 Å². The van der Waals surface area contributed by atoms with E-state index in [2.05, 4.69) is 4.90 Å². The van der Waals surface area contributed by atoms with Gasteiger partial charge in [-0.25, -0.2) is 0 Å². The predicted molar refractivity (Wildman–Crippen MR) is 70.6 cm³/mol. The van der Waals surface area contributed by atoms with Crippen molar-refractivity contribution in [2.45, 2.75) is 26.8 Å². The molecule has 0 heterocycles. The molecule has 0 amide bonds. The zero-order valence-corrected chi connectivity index (χ0v) is 11.1. The molecule has 0 spiro atoms. The van der Waals surface area contributed by atoms with Crippen LogP contribution in [-0.4, -0.2) is 34.2 Å². The largest absolute Gasteiger partial charge is 0.508 e. The Bertz CT molecular complexity index is 389. The van der Waals surface area contributed by atoms with Crippen LogP contribution in [0.5, 0.6) is 5.75 Å². The molecule has 2 unspecified atom stereocenters. The zero-order valence-electron chi connectivity index (χ0n) is 11.1. The fraction of sp³-hybridized carbons (Fsp3) is 0.500. The number of hydrogen-bond acceptors (Lipinski definition) is 3. The first kappa shape index (κ1) is 14.5. The highest BCUT2D eigenvalue weighted by Gasteiger charge is 2.20. The van der Waals surface area contributed by atoms with Crippen LogP contribution in [0, 0.1) is 5.92 Å².